The van der Waals surface area contributed by atoms with Crippen molar-refractivity contribution in [1.82, 2.24) is 9.55 Å². The van der Waals surface area contributed by atoms with Crippen molar-refractivity contribution < 1.29 is 9.53 Å². The van der Waals surface area contributed by atoms with Gasteiger partial charge in [0.1, 0.15) is 11.7 Å². The smallest absolute Gasteiger partial charge is 0.358 e. The second kappa shape index (κ2) is 4.55. The number of hydrogen-bond acceptors (Lipinski definition) is 5. The van der Waals surface area contributed by atoms with E-state index in [1.165, 1.54) is 7.11 Å². The van der Waals surface area contributed by atoms with E-state index in [9.17, 15) is 10.1 Å². The van der Waals surface area contributed by atoms with Crippen LogP contribution in [-0.2, 0) is 11.8 Å². The van der Waals surface area contributed by atoms with Crippen molar-refractivity contribution in [2.45, 2.75) is 6.92 Å². The molecule has 2 aromatic rings. The number of aromatic nitrogens is 2. The molecule has 0 radical (unpaired) electrons. The van der Waals surface area contributed by atoms with Gasteiger partial charge in [0.15, 0.2) is 5.69 Å². The summed E-state index contributed by atoms with van der Waals surface area (Å²) in [5.41, 5.74) is 7.83. The summed E-state index contributed by atoms with van der Waals surface area (Å²) in [7, 11) is 3.04. The molecule has 0 bridgehead atoms. The maximum Gasteiger partial charge on any atom is 0.358 e. The Kier molecular flexibility index (Phi) is 3.20. The van der Waals surface area contributed by atoms with Crippen molar-refractivity contribution in [3.05, 3.63) is 21.4 Å². The largest absolute Gasteiger partial charge is 0.464 e. The standard InChI is InChI=1S/C12H11BrN4O2/c1-5-6(4-14)7-8(13)9(15)10(12(18)19-3)16-11(7)17(5)2/h15H2,1-3H3. The molecule has 2 N–H and O–H groups in total. The van der Waals surface area contributed by atoms with Crippen LogP contribution in [0.5, 0.6) is 0 Å². The van der Waals surface area contributed by atoms with Gasteiger partial charge in [0.05, 0.1) is 28.2 Å². The quantitative estimate of drug-likeness (QED) is 0.809. The third-order valence-corrected chi connectivity index (χ3v) is 3.90. The zero-order valence-corrected chi connectivity index (χ0v) is 12.2. The number of ether oxygens (including phenoxy) is 1. The fourth-order valence-corrected chi connectivity index (χ4v) is 2.48. The molecule has 2 heterocycles. The van der Waals surface area contributed by atoms with E-state index < -0.39 is 5.97 Å². The molecule has 0 aliphatic carbocycles. The highest BCUT2D eigenvalue weighted by Crippen LogP contribution is 2.35. The number of methoxy groups -OCH3 is 1. The Morgan fingerprint density at radius 1 is 1.58 bits per heavy atom. The summed E-state index contributed by atoms with van der Waals surface area (Å²) in [6, 6.07) is 2.13. The third kappa shape index (κ3) is 1.76. The van der Waals surface area contributed by atoms with Crippen LogP contribution in [0.25, 0.3) is 11.0 Å². The SMILES string of the molecule is COC(=O)c1nc2c(c(Br)c1N)c(C#N)c(C)n2C. The molecule has 0 saturated heterocycles. The average molecular weight is 323 g/mol. The van der Waals surface area contributed by atoms with E-state index in [2.05, 4.69) is 31.7 Å². The first-order valence-corrected chi connectivity index (χ1v) is 6.15. The van der Waals surface area contributed by atoms with Gasteiger partial charge in [-0.25, -0.2) is 9.78 Å². The monoisotopic (exact) mass is 322 g/mol. The lowest BCUT2D eigenvalue weighted by molar-refractivity contribution is 0.0595. The molecule has 98 valence electrons. The van der Waals surface area contributed by atoms with Crippen molar-refractivity contribution in [2.75, 3.05) is 12.8 Å². The maximum absolute atomic E-state index is 11.6. The first-order chi connectivity index (χ1) is 8.93. The maximum atomic E-state index is 11.6. The molecule has 0 amide bonds. The lowest BCUT2D eigenvalue weighted by Crippen LogP contribution is -2.10. The number of nitrogens with two attached hydrogens (primary N) is 1. The van der Waals surface area contributed by atoms with E-state index in [-0.39, 0.29) is 11.4 Å². The Morgan fingerprint density at radius 2 is 2.21 bits per heavy atom. The minimum absolute atomic E-state index is 0.0342. The molecule has 0 fully saturated rings. The van der Waals surface area contributed by atoms with Gasteiger partial charge in [-0.15, -0.1) is 0 Å². The fourth-order valence-electron chi connectivity index (χ4n) is 1.92. The third-order valence-electron chi connectivity index (χ3n) is 3.08. The van der Waals surface area contributed by atoms with Gasteiger partial charge in [-0.05, 0) is 22.9 Å². The molecule has 0 atom stereocenters. The summed E-state index contributed by atoms with van der Waals surface area (Å²) in [4.78, 5) is 15.9. The molecule has 0 spiro atoms. The van der Waals surface area contributed by atoms with Gasteiger partial charge >= 0.3 is 5.97 Å². The van der Waals surface area contributed by atoms with E-state index in [4.69, 9.17) is 5.73 Å². The number of anilines is 1. The van der Waals surface area contributed by atoms with Gasteiger partial charge in [-0.1, -0.05) is 0 Å². The summed E-state index contributed by atoms with van der Waals surface area (Å²) in [5, 5.41) is 9.83. The molecule has 0 aliphatic rings. The molecular formula is C12H11BrN4O2. The summed E-state index contributed by atoms with van der Waals surface area (Å²) < 4.78 is 6.87. The second-order valence-corrected chi connectivity index (χ2v) is 4.80. The number of nitriles is 1. The molecule has 6 nitrogen and oxygen atoms in total. The molecule has 2 aromatic heterocycles. The molecule has 0 saturated carbocycles. The zero-order valence-electron chi connectivity index (χ0n) is 10.6. The van der Waals surface area contributed by atoms with Crippen molar-refractivity contribution in [1.29, 1.82) is 5.26 Å². The molecule has 0 aromatic carbocycles. The zero-order chi connectivity index (χ0) is 14.3. The molecular weight excluding hydrogens is 312 g/mol. The molecule has 0 aliphatic heterocycles. The molecule has 7 heteroatoms. The topological polar surface area (TPSA) is 93.9 Å². The predicted octanol–water partition coefficient (Wildman–Crippen LogP) is 1.88. The highest BCUT2D eigenvalue weighted by molar-refractivity contribution is 9.10. The van der Waals surface area contributed by atoms with Crippen LogP contribution in [0.3, 0.4) is 0 Å². The second-order valence-electron chi connectivity index (χ2n) is 4.01. The van der Waals surface area contributed by atoms with Gasteiger partial charge in [-0.2, -0.15) is 5.26 Å². The van der Waals surface area contributed by atoms with Crippen LogP contribution >= 0.6 is 15.9 Å². The molecule has 0 unspecified atom stereocenters. The summed E-state index contributed by atoms with van der Waals surface area (Å²) >= 11 is 3.33. The van der Waals surface area contributed by atoms with Crippen molar-refractivity contribution >= 4 is 38.6 Å². The number of rotatable bonds is 1. The number of carbonyl (C=O) groups is 1. The normalized spacial score (nSPS) is 10.5. The van der Waals surface area contributed by atoms with Crippen LogP contribution in [0.4, 0.5) is 5.69 Å². The molecule has 19 heavy (non-hydrogen) atoms. The molecule has 2 rings (SSSR count). The number of fused-ring (bicyclic) bond motifs is 1. The fraction of sp³-hybridized carbons (Fsp3) is 0.250. The number of hydrogen-bond donors (Lipinski definition) is 1. The van der Waals surface area contributed by atoms with Gasteiger partial charge in [-0.3, -0.25) is 0 Å². The number of nitrogen functional groups attached to an aromatic ring is 1. The van der Waals surface area contributed by atoms with Crippen molar-refractivity contribution in [2.24, 2.45) is 7.05 Å². The van der Waals surface area contributed by atoms with E-state index in [1.54, 1.807) is 18.5 Å². The van der Waals surface area contributed by atoms with Crippen LogP contribution in [-0.4, -0.2) is 22.6 Å². The van der Waals surface area contributed by atoms with Crippen LogP contribution in [0.1, 0.15) is 21.7 Å². The number of halogens is 1. The van der Waals surface area contributed by atoms with Gasteiger partial charge in [0.2, 0.25) is 0 Å². The highest BCUT2D eigenvalue weighted by Gasteiger charge is 2.23. The summed E-state index contributed by atoms with van der Waals surface area (Å²) in [5.74, 6) is -0.613. The van der Waals surface area contributed by atoms with Gasteiger partial charge in [0.25, 0.3) is 0 Å². The van der Waals surface area contributed by atoms with Crippen molar-refractivity contribution in [3.8, 4) is 6.07 Å². The van der Waals surface area contributed by atoms with Gasteiger partial charge in [0, 0.05) is 12.7 Å². The van der Waals surface area contributed by atoms with E-state index >= 15 is 0 Å². The number of pyridine rings is 1. The van der Waals surface area contributed by atoms with Crippen molar-refractivity contribution in [3.63, 3.8) is 0 Å². The highest BCUT2D eigenvalue weighted by atomic mass is 79.9. The number of carbonyl (C=O) groups excluding carboxylic acids is 1. The summed E-state index contributed by atoms with van der Waals surface area (Å²) in [6.07, 6.45) is 0. The minimum atomic E-state index is -0.613. The Labute approximate surface area is 117 Å². The lowest BCUT2D eigenvalue weighted by Gasteiger charge is -2.07. The number of aryl methyl sites for hydroxylation is 1. The Balaban J connectivity index is 2.98. The number of nitrogens with zero attached hydrogens (tertiary/aromatic N) is 3. The summed E-state index contributed by atoms with van der Waals surface area (Å²) in [6.45, 7) is 1.81. The van der Waals surface area contributed by atoms with E-state index in [0.29, 0.717) is 21.1 Å². The van der Waals surface area contributed by atoms with Crippen LogP contribution < -0.4 is 5.73 Å². The number of esters is 1. The van der Waals surface area contributed by atoms with E-state index in [0.717, 1.165) is 5.69 Å². The minimum Gasteiger partial charge on any atom is -0.464 e. The predicted molar refractivity (Wildman–Crippen MR) is 73.6 cm³/mol. The van der Waals surface area contributed by atoms with E-state index in [1.807, 2.05) is 0 Å². The van der Waals surface area contributed by atoms with Crippen LogP contribution in [0.2, 0.25) is 0 Å². The lowest BCUT2D eigenvalue weighted by atomic mass is 10.1. The average Bonchev–Trinajstić information content (AvgIpc) is 2.65. The Morgan fingerprint density at radius 3 is 2.74 bits per heavy atom. The Bertz CT molecular complexity index is 743. The first kappa shape index (κ1) is 13.4. The van der Waals surface area contributed by atoms with Crippen LogP contribution in [0, 0.1) is 18.3 Å². The first-order valence-electron chi connectivity index (χ1n) is 5.36. The Hall–Kier alpha value is -2.07. The van der Waals surface area contributed by atoms with Gasteiger partial charge < -0.3 is 15.0 Å². The van der Waals surface area contributed by atoms with Crippen LogP contribution in [0.15, 0.2) is 4.47 Å².